The lowest BCUT2D eigenvalue weighted by Crippen LogP contribution is -2.16. The van der Waals surface area contributed by atoms with Gasteiger partial charge in [0.15, 0.2) is 4.80 Å². The zero-order valence-electron chi connectivity index (χ0n) is 14.6. The van der Waals surface area contributed by atoms with Crippen LogP contribution in [0.2, 0.25) is 0 Å². The average Bonchev–Trinajstić information content (AvgIpc) is 2.92. The zero-order valence-corrected chi connectivity index (χ0v) is 15.4. The van der Waals surface area contributed by atoms with E-state index < -0.39 is 0 Å². The van der Waals surface area contributed by atoms with Crippen molar-refractivity contribution in [2.75, 3.05) is 0 Å². The van der Waals surface area contributed by atoms with E-state index >= 15 is 0 Å². The summed E-state index contributed by atoms with van der Waals surface area (Å²) in [5.41, 5.74) is 6.27. The molecule has 0 spiro atoms. The van der Waals surface area contributed by atoms with Gasteiger partial charge in [-0.3, -0.25) is 0 Å². The van der Waals surface area contributed by atoms with Gasteiger partial charge in [-0.25, -0.2) is 4.99 Å². The lowest BCUT2D eigenvalue weighted by Gasteiger charge is -2.08. The van der Waals surface area contributed by atoms with E-state index in [2.05, 4.69) is 79.2 Å². The number of aryl methyl sites for hydroxylation is 4. The number of aromatic nitrogens is 1. The van der Waals surface area contributed by atoms with E-state index in [4.69, 9.17) is 4.99 Å². The van der Waals surface area contributed by atoms with Crippen LogP contribution in [0.3, 0.4) is 0 Å². The Kier molecular flexibility index (Phi) is 5.31. The van der Waals surface area contributed by atoms with Crippen molar-refractivity contribution in [3.05, 3.63) is 81.1 Å². The molecule has 0 unspecified atom stereocenters. The Bertz CT molecular complexity index is 852. The normalized spacial score (nSPS) is 11.9. The molecule has 0 aliphatic carbocycles. The van der Waals surface area contributed by atoms with Gasteiger partial charge in [0, 0.05) is 17.6 Å². The minimum atomic E-state index is 1.01. The fourth-order valence-electron chi connectivity index (χ4n) is 2.94. The van der Waals surface area contributed by atoms with Crippen LogP contribution in [-0.2, 0) is 13.0 Å². The van der Waals surface area contributed by atoms with Crippen molar-refractivity contribution in [2.24, 2.45) is 4.99 Å². The lowest BCUT2D eigenvalue weighted by atomic mass is 10.1. The Labute approximate surface area is 148 Å². The Hall–Kier alpha value is -2.13. The van der Waals surface area contributed by atoms with Crippen LogP contribution in [-0.4, -0.2) is 4.57 Å². The van der Waals surface area contributed by atoms with Crippen LogP contribution >= 0.6 is 11.3 Å². The van der Waals surface area contributed by atoms with Crippen molar-refractivity contribution in [2.45, 2.75) is 40.2 Å². The van der Waals surface area contributed by atoms with Crippen LogP contribution < -0.4 is 4.80 Å². The summed E-state index contributed by atoms with van der Waals surface area (Å²) >= 11 is 1.73. The lowest BCUT2D eigenvalue weighted by molar-refractivity contribution is 0.614. The van der Waals surface area contributed by atoms with E-state index in [1.165, 1.54) is 22.4 Å². The molecule has 0 N–H and O–H groups in total. The summed E-state index contributed by atoms with van der Waals surface area (Å²) in [6, 6.07) is 17.1. The standard InChI is InChI=1S/C21H24N2S/c1-16-9-7-10-17(2)20(16)22-21-23(18(3)15-24-21)14-8-13-19-11-5-4-6-12-19/h4-7,9-12,15H,8,13-14H2,1-3H3. The molecule has 0 aliphatic rings. The third kappa shape index (κ3) is 3.85. The maximum absolute atomic E-state index is 4.97. The maximum atomic E-state index is 4.97. The van der Waals surface area contributed by atoms with Crippen LogP contribution in [0, 0.1) is 20.8 Å². The van der Waals surface area contributed by atoms with Crippen molar-refractivity contribution in [1.82, 2.24) is 4.57 Å². The summed E-state index contributed by atoms with van der Waals surface area (Å²) in [5, 5.41) is 2.20. The SMILES string of the molecule is Cc1cccc(C)c1N=c1scc(C)n1CCCc1ccccc1. The molecule has 3 aromatic rings. The fraction of sp³-hybridized carbons (Fsp3) is 0.286. The molecular weight excluding hydrogens is 312 g/mol. The highest BCUT2D eigenvalue weighted by Gasteiger charge is 2.05. The topological polar surface area (TPSA) is 17.3 Å². The highest BCUT2D eigenvalue weighted by molar-refractivity contribution is 7.07. The second kappa shape index (κ2) is 7.63. The molecule has 0 aliphatic heterocycles. The van der Waals surface area contributed by atoms with Gasteiger partial charge in [-0.15, -0.1) is 11.3 Å². The van der Waals surface area contributed by atoms with Gasteiger partial charge in [-0.1, -0.05) is 48.5 Å². The Morgan fingerprint density at radius 3 is 2.33 bits per heavy atom. The molecule has 0 atom stereocenters. The van der Waals surface area contributed by atoms with Crippen LogP contribution in [0.4, 0.5) is 5.69 Å². The molecule has 2 aromatic carbocycles. The van der Waals surface area contributed by atoms with Gasteiger partial charge in [0.1, 0.15) is 0 Å². The minimum absolute atomic E-state index is 1.01. The first-order chi connectivity index (χ1) is 11.6. The van der Waals surface area contributed by atoms with E-state index in [0.29, 0.717) is 0 Å². The molecule has 24 heavy (non-hydrogen) atoms. The molecule has 1 aromatic heterocycles. The fourth-order valence-corrected chi connectivity index (χ4v) is 3.85. The first-order valence-electron chi connectivity index (χ1n) is 8.45. The number of hydrogen-bond acceptors (Lipinski definition) is 2. The molecule has 0 saturated carbocycles. The molecule has 0 fully saturated rings. The largest absolute Gasteiger partial charge is 0.321 e. The molecule has 3 rings (SSSR count). The number of nitrogens with zero attached hydrogens (tertiary/aromatic N) is 2. The Morgan fingerprint density at radius 2 is 1.62 bits per heavy atom. The molecule has 0 amide bonds. The van der Waals surface area contributed by atoms with Gasteiger partial charge in [0.05, 0.1) is 5.69 Å². The van der Waals surface area contributed by atoms with Crippen molar-refractivity contribution < 1.29 is 0 Å². The summed E-state index contributed by atoms with van der Waals surface area (Å²) < 4.78 is 2.35. The van der Waals surface area contributed by atoms with Crippen molar-refractivity contribution in [3.8, 4) is 0 Å². The second-order valence-corrected chi connectivity index (χ2v) is 7.09. The summed E-state index contributed by atoms with van der Waals surface area (Å²) in [7, 11) is 0. The first kappa shape index (κ1) is 16.7. The molecule has 124 valence electrons. The van der Waals surface area contributed by atoms with Crippen LogP contribution in [0.25, 0.3) is 0 Å². The monoisotopic (exact) mass is 336 g/mol. The van der Waals surface area contributed by atoms with Gasteiger partial charge in [0.2, 0.25) is 0 Å². The summed E-state index contributed by atoms with van der Waals surface area (Å²) in [4.78, 5) is 6.06. The first-order valence-corrected chi connectivity index (χ1v) is 9.33. The van der Waals surface area contributed by atoms with Crippen LogP contribution in [0.5, 0.6) is 0 Å². The third-order valence-electron chi connectivity index (χ3n) is 4.33. The number of rotatable bonds is 5. The van der Waals surface area contributed by atoms with Gasteiger partial charge in [0.25, 0.3) is 0 Å². The van der Waals surface area contributed by atoms with Gasteiger partial charge < -0.3 is 4.57 Å². The molecule has 0 radical (unpaired) electrons. The van der Waals surface area contributed by atoms with Gasteiger partial charge in [-0.2, -0.15) is 0 Å². The molecular formula is C21H24N2S. The summed E-state index contributed by atoms with van der Waals surface area (Å²) in [6.07, 6.45) is 2.23. The van der Waals surface area contributed by atoms with Crippen molar-refractivity contribution in [3.63, 3.8) is 0 Å². The van der Waals surface area contributed by atoms with Crippen LogP contribution in [0.15, 0.2) is 58.9 Å². The Morgan fingerprint density at radius 1 is 0.917 bits per heavy atom. The van der Waals surface area contributed by atoms with Crippen LogP contribution in [0.1, 0.15) is 28.8 Å². The van der Waals surface area contributed by atoms with E-state index in [9.17, 15) is 0 Å². The highest BCUT2D eigenvalue weighted by atomic mass is 32.1. The number of hydrogen-bond donors (Lipinski definition) is 0. The molecule has 1 heterocycles. The Balaban J connectivity index is 1.82. The number of para-hydroxylation sites is 1. The maximum Gasteiger partial charge on any atom is 0.190 e. The molecule has 3 heteroatoms. The third-order valence-corrected chi connectivity index (χ3v) is 5.31. The predicted octanol–water partition coefficient (Wildman–Crippen LogP) is 5.34. The number of thiazole rings is 1. The van der Waals surface area contributed by atoms with E-state index in [1.807, 2.05) is 0 Å². The van der Waals surface area contributed by atoms with Gasteiger partial charge in [-0.05, 0) is 50.3 Å². The van der Waals surface area contributed by atoms with Crippen molar-refractivity contribution >= 4 is 17.0 Å². The molecule has 2 nitrogen and oxygen atoms in total. The second-order valence-electron chi connectivity index (χ2n) is 6.25. The van der Waals surface area contributed by atoms with E-state index in [-0.39, 0.29) is 0 Å². The zero-order chi connectivity index (χ0) is 16.9. The number of benzene rings is 2. The summed E-state index contributed by atoms with van der Waals surface area (Å²) in [6.45, 7) is 7.44. The average molecular weight is 337 g/mol. The predicted molar refractivity (Wildman–Crippen MR) is 103 cm³/mol. The minimum Gasteiger partial charge on any atom is -0.321 e. The quantitative estimate of drug-likeness (QED) is 0.598. The smallest absolute Gasteiger partial charge is 0.190 e. The summed E-state index contributed by atoms with van der Waals surface area (Å²) in [5.74, 6) is 0. The van der Waals surface area contributed by atoms with E-state index in [0.717, 1.165) is 29.9 Å². The molecule has 0 saturated heterocycles. The molecule has 0 bridgehead atoms. The van der Waals surface area contributed by atoms with E-state index in [1.54, 1.807) is 11.3 Å². The van der Waals surface area contributed by atoms with Crippen molar-refractivity contribution in [1.29, 1.82) is 0 Å². The van der Waals surface area contributed by atoms with Gasteiger partial charge >= 0.3 is 0 Å². The highest BCUT2D eigenvalue weighted by Crippen LogP contribution is 2.22.